The number of hydrogen-bond acceptors (Lipinski definition) is 4. The lowest BCUT2D eigenvalue weighted by Gasteiger charge is -2.15. The second-order valence-electron chi connectivity index (χ2n) is 6.73. The van der Waals surface area contributed by atoms with Crippen molar-refractivity contribution in [1.29, 1.82) is 0 Å². The first-order valence-corrected chi connectivity index (χ1v) is 9.95. The van der Waals surface area contributed by atoms with Gasteiger partial charge in [0.2, 0.25) is 0 Å². The summed E-state index contributed by atoms with van der Waals surface area (Å²) < 4.78 is 12.8. The lowest BCUT2D eigenvalue weighted by atomic mass is 10.1. The molecule has 0 saturated carbocycles. The van der Waals surface area contributed by atoms with E-state index in [1.807, 2.05) is 47.3 Å². The molecule has 1 aromatic heterocycles. The van der Waals surface area contributed by atoms with E-state index >= 15 is 0 Å². The van der Waals surface area contributed by atoms with Crippen molar-refractivity contribution >= 4 is 5.96 Å². The Morgan fingerprint density at radius 1 is 1.10 bits per heavy atom. The van der Waals surface area contributed by atoms with Crippen molar-refractivity contribution in [1.82, 2.24) is 20.4 Å². The first-order valence-electron chi connectivity index (χ1n) is 9.95. The standard InChI is InChI=1S/C24H27N5O2/c1-4-14-31-23-15-19(10-11-22(23)30-3)16-26-24(25-2)27-17-20-8-5-6-9-21(20)18-29-13-7-12-28-29/h1,5-13,15H,14,16-18H2,2-3H3,(H2,25,26,27). The van der Waals surface area contributed by atoms with Crippen LogP contribution < -0.4 is 20.1 Å². The van der Waals surface area contributed by atoms with E-state index in [0.29, 0.717) is 30.5 Å². The van der Waals surface area contributed by atoms with Crippen LogP contribution in [0.1, 0.15) is 16.7 Å². The van der Waals surface area contributed by atoms with Gasteiger partial charge in [-0.2, -0.15) is 5.10 Å². The van der Waals surface area contributed by atoms with E-state index in [1.165, 1.54) is 11.1 Å². The lowest BCUT2D eigenvalue weighted by Crippen LogP contribution is -2.36. The molecule has 0 fully saturated rings. The average molecular weight is 418 g/mol. The molecule has 7 nitrogen and oxygen atoms in total. The molecular formula is C24H27N5O2. The van der Waals surface area contributed by atoms with Crippen molar-refractivity contribution in [3.8, 4) is 23.8 Å². The fourth-order valence-electron chi connectivity index (χ4n) is 3.10. The van der Waals surface area contributed by atoms with Crippen LogP contribution >= 0.6 is 0 Å². The molecule has 0 amide bonds. The number of nitrogens with zero attached hydrogens (tertiary/aromatic N) is 3. The van der Waals surface area contributed by atoms with Gasteiger partial charge in [0.25, 0.3) is 0 Å². The van der Waals surface area contributed by atoms with Gasteiger partial charge in [-0.3, -0.25) is 9.67 Å². The van der Waals surface area contributed by atoms with Gasteiger partial charge in [-0.25, -0.2) is 0 Å². The highest BCUT2D eigenvalue weighted by atomic mass is 16.5. The number of methoxy groups -OCH3 is 1. The third-order valence-electron chi connectivity index (χ3n) is 4.68. The number of guanidine groups is 1. The maximum absolute atomic E-state index is 5.57. The molecule has 3 rings (SSSR count). The normalized spacial score (nSPS) is 10.9. The summed E-state index contributed by atoms with van der Waals surface area (Å²) in [5, 5.41) is 11.0. The minimum Gasteiger partial charge on any atom is -0.493 e. The Kier molecular flexibility index (Phi) is 7.95. The molecule has 0 radical (unpaired) electrons. The molecule has 160 valence electrons. The van der Waals surface area contributed by atoms with Gasteiger partial charge in [0.1, 0.15) is 6.61 Å². The van der Waals surface area contributed by atoms with E-state index in [4.69, 9.17) is 15.9 Å². The molecular weight excluding hydrogens is 390 g/mol. The summed E-state index contributed by atoms with van der Waals surface area (Å²) in [4.78, 5) is 4.32. The summed E-state index contributed by atoms with van der Waals surface area (Å²) in [6.07, 6.45) is 9.04. The highest BCUT2D eigenvalue weighted by molar-refractivity contribution is 5.79. The van der Waals surface area contributed by atoms with Crippen LogP contribution in [0.25, 0.3) is 0 Å². The maximum atomic E-state index is 5.57. The van der Waals surface area contributed by atoms with Crippen LogP contribution in [-0.2, 0) is 19.6 Å². The number of ether oxygens (including phenoxy) is 2. The van der Waals surface area contributed by atoms with Crippen LogP contribution in [0.3, 0.4) is 0 Å². The van der Waals surface area contributed by atoms with Gasteiger partial charge >= 0.3 is 0 Å². The highest BCUT2D eigenvalue weighted by Crippen LogP contribution is 2.27. The Morgan fingerprint density at radius 3 is 2.61 bits per heavy atom. The molecule has 0 bridgehead atoms. The summed E-state index contributed by atoms with van der Waals surface area (Å²) in [5.41, 5.74) is 3.42. The van der Waals surface area contributed by atoms with Crippen molar-refractivity contribution in [2.75, 3.05) is 20.8 Å². The van der Waals surface area contributed by atoms with Gasteiger partial charge in [-0.1, -0.05) is 36.3 Å². The smallest absolute Gasteiger partial charge is 0.191 e. The van der Waals surface area contributed by atoms with E-state index in [9.17, 15) is 0 Å². The largest absolute Gasteiger partial charge is 0.493 e. The van der Waals surface area contributed by atoms with Gasteiger partial charge < -0.3 is 20.1 Å². The van der Waals surface area contributed by atoms with E-state index in [2.05, 4.69) is 38.8 Å². The number of aromatic nitrogens is 2. The molecule has 0 unspecified atom stereocenters. The van der Waals surface area contributed by atoms with Crippen LogP contribution in [0, 0.1) is 12.3 Å². The number of nitrogens with one attached hydrogen (secondary N) is 2. The number of terminal acetylenes is 1. The molecule has 0 aliphatic heterocycles. The zero-order valence-corrected chi connectivity index (χ0v) is 17.8. The Hall–Kier alpha value is -3.92. The van der Waals surface area contributed by atoms with Gasteiger partial charge in [0.05, 0.1) is 13.7 Å². The molecule has 2 N–H and O–H groups in total. The third-order valence-corrected chi connectivity index (χ3v) is 4.68. The molecule has 0 aliphatic rings. The van der Waals surface area contributed by atoms with Crippen LogP contribution in [0.4, 0.5) is 0 Å². The second kappa shape index (κ2) is 11.3. The molecule has 0 atom stereocenters. The molecule has 7 heteroatoms. The highest BCUT2D eigenvalue weighted by Gasteiger charge is 2.08. The Bertz CT molecular complexity index is 1040. The van der Waals surface area contributed by atoms with Crippen molar-refractivity contribution in [3.05, 3.63) is 77.6 Å². The van der Waals surface area contributed by atoms with Gasteiger partial charge in [-0.15, -0.1) is 6.42 Å². The molecule has 0 spiro atoms. The molecule has 1 heterocycles. The Morgan fingerprint density at radius 2 is 1.90 bits per heavy atom. The molecule has 2 aromatic carbocycles. The Labute approximate surface area is 183 Å². The van der Waals surface area contributed by atoms with Crippen LogP contribution in [0.5, 0.6) is 11.5 Å². The number of benzene rings is 2. The number of aliphatic imine (C=N–C) groups is 1. The zero-order chi connectivity index (χ0) is 21.9. The van der Waals surface area contributed by atoms with Gasteiger partial charge in [0, 0.05) is 32.5 Å². The minimum atomic E-state index is 0.189. The quantitative estimate of drug-likeness (QED) is 0.318. The molecule has 3 aromatic rings. The van der Waals surface area contributed by atoms with Crippen molar-refractivity contribution in [3.63, 3.8) is 0 Å². The summed E-state index contributed by atoms with van der Waals surface area (Å²) in [6, 6.07) is 16.0. The predicted octanol–water partition coefficient (Wildman–Crippen LogP) is 2.82. The SMILES string of the molecule is C#CCOc1cc(CNC(=NC)NCc2ccccc2Cn2cccn2)ccc1OC. The first-order chi connectivity index (χ1) is 15.2. The summed E-state index contributed by atoms with van der Waals surface area (Å²) in [7, 11) is 3.35. The molecule has 0 saturated heterocycles. The van der Waals surface area contributed by atoms with E-state index in [1.54, 1.807) is 20.4 Å². The fraction of sp³-hybridized carbons (Fsp3) is 0.250. The van der Waals surface area contributed by atoms with E-state index in [0.717, 1.165) is 12.1 Å². The topological polar surface area (TPSA) is 72.7 Å². The van der Waals surface area contributed by atoms with Gasteiger partial charge in [0.15, 0.2) is 17.5 Å². The number of rotatable bonds is 9. The molecule has 0 aliphatic carbocycles. The number of hydrogen-bond donors (Lipinski definition) is 2. The van der Waals surface area contributed by atoms with Crippen molar-refractivity contribution in [2.45, 2.75) is 19.6 Å². The average Bonchev–Trinajstić information content (AvgIpc) is 3.32. The summed E-state index contributed by atoms with van der Waals surface area (Å²) in [5.74, 6) is 4.44. The maximum Gasteiger partial charge on any atom is 0.191 e. The van der Waals surface area contributed by atoms with Crippen molar-refractivity contribution in [2.24, 2.45) is 4.99 Å². The summed E-state index contributed by atoms with van der Waals surface area (Å²) in [6.45, 7) is 2.14. The fourth-order valence-corrected chi connectivity index (χ4v) is 3.10. The minimum absolute atomic E-state index is 0.189. The monoisotopic (exact) mass is 417 g/mol. The predicted molar refractivity (Wildman–Crippen MR) is 122 cm³/mol. The molecule has 31 heavy (non-hydrogen) atoms. The first kappa shape index (κ1) is 21.8. The van der Waals surface area contributed by atoms with Crippen LogP contribution in [0.2, 0.25) is 0 Å². The Balaban J connectivity index is 1.59. The summed E-state index contributed by atoms with van der Waals surface area (Å²) >= 11 is 0. The van der Waals surface area contributed by atoms with E-state index < -0.39 is 0 Å². The zero-order valence-electron chi connectivity index (χ0n) is 17.8. The van der Waals surface area contributed by atoms with Gasteiger partial charge in [-0.05, 0) is 34.9 Å². The van der Waals surface area contributed by atoms with Crippen LogP contribution in [0.15, 0.2) is 65.9 Å². The lowest BCUT2D eigenvalue weighted by molar-refractivity contribution is 0.330. The third kappa shape index (κ3) is 6.28. The van der Waals surface area contributed by atoms with Crippen LogP contribution in [-0.4, -0.2) is 36.5 Å². The van der Waals surface area contributed by atoms with Crippen molar-refractivity contribution < 1.29 is 9.47 Å². The second-order valence-corrected chi connectivity index (χ2v) is 6.73. The van der Waals surface area contributed by atoms with E-state index in [-0.39, 0.29) is 6.61 Å².